The third kappa shape index (κ3) is 3.98. The van der Waals surface area contributed by atoms with Crippen molar-refractivity contribution in [2.45, 2.75) is 19.4 Å². The first kappa shape index (κ1) is 13.3. The zero-order valence-electron chi connectivity index (χ0n) is 9.56. The van der Waals surface area contributed by atoms with Gasteiger partial charge in [-0.1, -0.05) is 19.1 Å². The summed E-state index contributed by atoms with van der Waals surface area (Å²) in [5.41, 5.74) is 6.43. The molecule has 5 heteroatoms. The number of pyridine rings is 1. The Kier molecular flexibility index (Phi) is 5.55. The van der Waals surface area contributed by atoms with Crippen molar-refractivity contribution in [3.63, 3.8) is 0 Å². The van der Waals surface area contributed by atoms with E-state index in [1.54, 1.807) is 6.20 Å². The number of anilines is 1. The minimum atomic E-state index is 0.406. The molecular formula is C11H17N3S2. The van der Waals surface area contributed by atoms with E-state index in [-0.39, 0.29) is 0 Å². The van der Waals surface area contributed by atoms with Crippen molar-refractivity contribution in [3.05, 3.63) is 23.9 Å². The lowest BCUT2D eigenvalue weighted by molar-refractivity contribution is 0.770. The maximum absolute atomic E-state index is 5.58. The molecule has 88 valence electrons. The fourth-order valence-corrected chi connectivity index (χ4v) is 2.18. The number of nitrogens with zero attached hydrogens (tertiary/aromatic N) is 1. The second-order valence-electron chi connectivity index (χ2n) is 3.50. The van der Waals surface area contributed by atoms with Crippen molar-refractivity contribution in [1.82, 2.24) is 4.98 Å². The van der Waals surface area contributed by atoms with Crippen molar-refractivity contribution in [2.24, 2.45) is 5.73 Å². The second-order valence-corrected chi connectivity index (χ2v) is 4.85. The van der Waals surface area contributed by atoms with Crippen molar-refractivity contribution in [3.8, 4) is 0 Å². The molecule has 0 spiro atoms. The lowest BCUT2D eigenvalue weighted by atomic mass is 10.2. The van der Waals surface area contributed by atoms with E-state index in [0.29, 0.717) is 11.0 Å². The summed E-state index contributed by atoms with van der Waals surface area (Å²) in [7, 11) is 0. The average Bonchev–Trinajstić information content (AvgIpc) is 2.29. The monoisotopic (exact) mass is 255 g/mol. The van der Waals surface area contributed by atoms with Gasteiger partial charge in [0, 0.05) is 23.6 Å². The molecule has 0 saturated heterocycles. The second kappa shape index (κ2) is 6.70. The van der Waals surface area contributed by atoms with Gasteiger partial charge >= 0.3 is 0 Å². The Morgan fingerprint density at radius 3 is 3.00 bits per heavy atom. The van der Waals surface area contributed by atoms with Gasteiger partial charge in [-0.2, -0.15) is 11.8 Å². The molecule has 0 bridgehead atoms. The maximum Gasteiger partial charge on any atom is 0.126 e. The first-order valence-corrected chi connectivity index (χ1v) is 6.99. The SMILES string of the molecule is CCC(CSC)Nc1cc(C(N)=S)ccn1. The smallest absolute Gasteiger partial charge is 0.126 e. The van der Waals surface area contributed by atoms with Gasteiger partial charge in [-0.25, -0.2) is 4.98 Å². The fourth-order valence-electron chi connectivity index (χ4n) is 1.33. The molecule has 0 saturated carbocycles. The van der Waals surface area contributed by atoms with Crippen molar-refractivity contribution in [1.29, 1.82) is 0 Å². The topological polar surface area (TPSA) is 50.9 Å². The van der Waals surface area contributed by atoms with Gasteiger partial charge in [-0.15, -0.1) is 0 Å². The largest absolute Gasteiger partial charge is 0.389 e. The van der Waals surface area contributed by atoms with Gasteiger partial charge in [0.05, 0.1) is 0 Å². The molecule has 3 N–H and O–H groups in total. The van der Waals surface area contributed by atoms with Crippen LogP contribution in [0.3, 0.4) is 0 Å². The fraction of sp³-hybridized carbons (Fsp3) is 0.455. The first-order valence-electron chi connectivity index (χ1n) is 5.18. The van der Waals surface area contributed by atoms with Crippen LogP contribution in [-0.4, -0.2) is 28.0 Å². The van der Waals surface area contributed by atoms with Gasteiger partial charge in [0.2, 0.25) is 0 Å². The van der Waals surface area contributed by atoms with Gasteiger partial charge in [-0.3, -0.25) is 0 Å². The number of thiocarbonyl (C=S) groups is 1. The number of nitrogens with one attached hydrogen (secondary N) is 1. The highest BCUT2D eigenvalue weighted by molar-refractivity contribution is 7.98. The summed E-state index contributed by atoms with van der Waals surface area (Å²) in [6.07, 6.45) is 4.89. The Hall–Kier alpha value is -0.810. The highest BCUT2D eigenvalue weighted by Crippen LogP contribution is 2.11. The normalized spacial score (nSPS) is 12.1. The van der Waals surface area contributed by atoms with Crippen LogP contribution in [0.25, 0.3) is 0 Å². The van der Waals surface area contributed by atoms with Crippen LogP contribution in [0.4, 0.5) is 5.82 Å². The van der Waals surface area contributed by atoms with Gasteiger partial charge in [0.15, 0.2) is 0 Å². The standard InChI is InChI=1S/C11H17N3S2/c1-3-9(7-16-2)14-10-6-8(11(12)15)4-5-13-10/h4-6,9H,3,7H2,1-2H3,(H2,12,15)(H,13,14). The Bertz CT molecular complexity index is 355. The summed E-state index contributed by atoms with van der Waals surface area (Å²) in [5, 5.41) is 3.38. The number of thioether (sulfide) groups is 1. The summed E-state index contributed by atoms with van der Waals surface area (Å²) in [4.78, 5) is 4.66. The molecule has 0 amide bonds. The highest BCUT2D eigenvalue weighted by atomic mass is 32.2. The van der Waals surface area contributed by atoms with Crippen molar-refractivity contribution < 1.29 is 0 Å². The molecule has 16 heavy (non-hydrogen) atoms. The molecule has 0 radical (unpaired) electrons. The maximum atomic E-state index is 5.58. The third-order valence-corrected chi connectivity index (χ3v) is 3.23. The van der Waals surface area contributed by atoms with E-state index in [1.807, 2.05) is 23.9 Å². The van der Waals surface area contributed by atoms with Crippen molar-refractivity contribution >= 4 is 34.8 Å². The predicted octanol–water partition coefficient (Wildman–Crippen LogP) is 2.27. The van der Waals surface area contributed by atoms with E-state index >= 15 is 0 Å². The number of aromatic nitrogens is 1. The van der Waals surface area contributed by atoms with Crippen LogP contribution in [0.1, 0.15) is 18.9 Å². The Morgan fingerprint density at radius 2 is 2.44 bits per heavy atom. The molecule has 3 nitrogen and oxygen atoms in total. The molecule has 0 aliphatic carbocycles. The van der Waals surface area contributed by atoms with E-state index in [9.17, 15) is 0 Å². The molecular weight excluding hydrogens is 238 g/mol. The van der Waals surface area contributed by atoms with Crippen LogP contribution in [0.15, 0.2) is 18.3 Å². The van der Waals surface area contributed by atoms with Crippen LogP contribution in [0, 0.1) is 0 Å². The van der Waals surface area contributed by atoms with Crippen LogP contribution in [0.2, 0.25) is 0 Å². The first-order chi connectivity index (χ1) is 7.67. The van der Waals surface area contributed by atoms with Gasteiger partial charge in [0.1, 0.15) is 10.8 Å². The minimum absolute atomic E-state index is 0.406. The van der Waals surface area contributed by atoms with Gasteiger partial charge in [-0.05, 0) is 24.8 Å². The molecule has 1 aromatic heterocycles. The van der Waals surface area contributed by atoms with Crippen LogP contribution >= 0.6 is 24.0 Å². The summed E-state index contributed by atoms with van der Waals surface area (Å²) in [5.74, 6) is 1.90. The van der Waals surface area contributed by atoms with Crippen LogP contribution < -0.4 is 11.1 Å². The minimum Gasteiger partial charge on any atom is -0.389 e. The number of rotatable bonds is 6. The quantitative estimate of drug-likeness (QED) is 0.764. The Morgan fingerprint density at radius 1 is 1.69 bits per heavy atom. The Labute approximate surface area is 106 Å². The van der Waals surface area contributed by atoms with E-state index in [0.717, 1.165) is 23.6 Å². The molecule has 1 unspecified atom stereocenters. The number of hydrogen-bond acceptors (Lipinski definition) is 4. The van der Waals surface area contributed by atoms with Gasteiger partial charge in [0.25, 0.3) is 0 Å². The van der Waals surface area contributed by atoms with Crippen LogP contribution in [-0.2, 0) is 0 Å². The lowest BCUT2D eigenvalue weighted by Crippen LogP contribution is -2.22. The molecule has 1 heterocycles. The van der Waals surface area contributed by atoms with E-state index in [4.69, 9.17) is 18.0 Å². The van der Waals surface area contributed by atoms with E-state index in [1.165, 1.54) is 0 Å². The molecule has 0 aromatic carbocycles. The predicted molar refractivity (Wildman–Crippen MR) is 76.2 cm³/mol. The molecule has 0 fully saturated rings. The molecule has 0 aliphatic heterocycles. The van der Waals surface area contributed by atoms with E-state index in [2.05, 4.69) is 23.5 Å². The Balaban J connectivity index is 2.72. The molecule has 0 aliphatic rings. The number of hydrogen-bond donors (Lipinski definition) is 2. The average molecular weight is 255 g/mol. The van der Waals surface area contributed by atoms with Crippen LogP contribution in [0.5, 0.6) is 0 Å². The van der Waals surface area contributed by atoms with Gasteiger partial charge < -0.3 is 11.1 Å². The molecule has 1 aromatic rings. The van der Waals surface area contributed by atoms with E-state index < -0.39 is 0 Å². The molecule has 1 rings (SSSR count). The summed E-state index contributed by atoms with van der Waals surface area (Å²) in [6.45, 7) is 2.16. The summed E-state index contributed by atoms with van der Waals surface area (Å²) in [6, 6.07) is 4.15. The third-order valence-electron chi connectivity index (χ3n) is 2.26. The number of nitrogens with two attached hydrogens (primary N) is 1. The zero-order chi connectivity index (χ0) is 12.0. The summed E-state index contributed by atoms with van der Waals surface area (Å²) < 4.78 is 0. The summed E-state index contributed by atoms with van der Waals surface area (Å²) >= 11 is 6.76. The molecule has 1 atom stereocenters. The van der Waals surface area contributed by atoms with Crippen molar-refractivity contribution in [2.75, 3.05) is 17.3 Å². The lowest BCUT2D eigenvalue weighted by Gasteiger charge is -2.16. The zero-order valence-corrected chi connectivity index (χ0v) is 11.2. The highest BCUT2D eigenvalue weighted by Gasteiger charge is 2.06.